The van der Waals surface area contributed by atoms with E-state index in [-0.39, 0.29) is 11.6 Å². The number of phenolic OH excluding ortho intramolecular Hbond substituents is 1. The molecule has 0 aliphatic heterocycles. The molecule has 5 nitrogen and oxygen atoms in total. The lowest BCUT2D eigenvalue weighted by Gasteiger charge is -2.08. The molecule has 0 saturated carbocycles. The molecule has 0 radical (unpaired) electrons. The first-order valence-electron chi connectivity index (χ1n) is 8.50. The molecule has 0 atom stereocenters. The van der Waals surface area contributed by atoms with E-state index in [1.807, 2.05) is 26.0 Å². The highest BCUT2D eigenvalue weighted by Crippen LogP contribution is 2.23. The third-order valence-electron chi connectivity index (χ3n) is 4.17. The Kier molecular flexibility index (Phi) is 5.45. The molecule has 0 aliphatic rings. The molecule has 0 fully saturated rings. The second-order valence-corrected chi connectivity index (χ2v) is 6.34. The van der Waals surface area contributed by atoms with Crippen LogP contribution < -0.4 is 4.74 Å². The number of carbonyl (C=O) groups excluding carboxylic acids is 1. The summed E-state index contributed by atoms with van der Waals surface area (Å²) in [5.74, 6) is -0.606. The number of ether oxygens (including phenoxy) is 1. The Morgan fingerprint density at radius 1 is 1.00 bits per heavy atom. The Bertz CT molecular complexity index is 931. The summed E-state index contributed by atoms with van der Waals surface area (Å²) in [6.07, 6.45) is 4.66. The first kappa shape index (κ1) is 18.5. The fourth-order valence-electron chi connectivity index (χ4n) is 2.72. The van der Waals surface area contributed by atoms with Crippen molar-refractivity contribution >= 4 is 5.97 Å². The van der Waals surface area contributed by atoms with Gasteiger partial charge < -0.3 is 9.84 Å². The van der Waals surface area contributed by atoms with Crippen LogP contribution in [0.3, 0.4) is 0 Å². The second-order valence-electron chi connectivity index (χ2n) is 6.34. The first-order chi connectivity index (χ1) is 12.9. The van der Waals surface area contributed by atoms with Gasteiger partial charge in [0.05, 0.1) is 0 Å². The molecule has 1 heterocycles. The lowest BCUT2D eigenvalue weighted by Crippen LogP contribution is -2.13. The van der Waals surface area contributed by atoms with Crippen molar-refractivity contribution in [3.05, 3.63) is 82.7 Å². The molecule has 0 saturated heterocycles. The van der Waals surface area contributed by atoms with Gasteiger partial charge in [-0.1, -0.05) is 12.1 Å². The topological polar surface area (TPSA) is 72.3 Å². The van der Waals surface area contributed by atoms with Gasteiger partial charge in [0, 0.05) is 12.4 Å². The lowest BCUT2D eigenvalue weighted by molar-refractivity contribution is 0.0721. The number of aryl methyl sites for hydroxylation is 4. The van der Waals surface area contributed by atoms with Crippen LogP contribution in [0.4, 0.5) is 4.39 Å². The average molecular weight is 366 g/mol. The van der Waals surface area contributed by atoms with Gasteiger partial charge in [0.15, 0.2) is 0 Å². The summed E-state index contributed by atoms with van der Waals surface area (Å²) < 4.78 is 18.0. The summed E-state index contributed by atoms with van der Waals surface area (Å²) in [6.45, 7) is 3.74. The Hall–Kier alpha value is -3.28. The number of phenols is 1. The summed E-state index contributed by atoms with van der Waals surface area (Å²) in [6, 6.07) is 9.06. The van der Waals surface area contributed by atoms with E-state index >= 15 is 0 Å². The zero-order chi connectivity index (χ0) is 19.4. The van der Waals surface area contributed by atoms with Gasteiger partial charge in [-0.15, -0.1) is 0 Å². The molecule has 0 amide bonds. The molecule has 3 aromatic rings. The van der Waals surface area contributed by atoms with Crippen LogP contribution in [0.5, 0.6) is 11.5 Å². The Morgan fingerprint density at radius 3 is 2.15 bits per heavy atom. The van der Waals surface area contributed by atoms with Crippen molar-refractivity contribution in [2.45, 2.75) is 26.7 Å². The van der Waals surface area contributed by atoms with Crippen molar-refractivity contribution in [1.29, 1.82) is 0 Å². The van der Waals surface area contributed by atoms with Gasteiger partial charge in [-0.3, -0.25) is 0 Å². The van der Waals surface area contributed by atoms with E-state index < -0.39 is 11.8 Å². The number of halogens is 1. The van der Waals surface area contributed by atoms with Crippen LogP contribution in [-0.4, -0.2) is 21.0 Å². The predicted octanol–water partition coefficient (Wildman–Crippen LogP) is 3.94. The molecule has 0 spiro atoms. The van der Waals surface area contributed by atoms with E-state index in [1.54, 1.807) is 12.4 Å². The maximum atomic E-state index is 12.9. The van der Waals surface area contributed by atoms with E-state index in [0.29, 0.717) is 12.2 Å². The number of hydrogen-bond acceptors (Lipinski definition) is 5. The number of carbonyl (C=O) groups is 1. The fourth-order valence-corrected chi connectivity index (χ4v) is 2.72. The monoisotopic (exact) mass is 366 g/mol. The van der Waals surface area contributed by atoms with E-state index in [2.05, 4.69) is 9.97 Å². The van der Waals surface area contributed by atoms with Crippen LogP contribution in [0.2, 0.25) is 0 Å². The highest BCUT2D eigenvalue weighted by atomic mass is 19.1. The summed E-state index contributed by atoms with van der Waals surface area (Å²) in [4.78, 5) is 20.1. The van der Waals surface area contributed by atoms with Crippen LogP contribution in [-0.2, 0) is 12.8 Å². The van der Waals surface area contributed by atoms with Gasteiger partial charge in [0.2, 0.25) is 5.82 Å². The van der Waals surface area contributed by atoms with E-state index in [4.69, 9.17) is 4.74 Å². The molecule has 0 unspecified atom stereocenters. The van der Waals surface area contributed by atoms with Gasteiger partial charge in [-0.25, -0.2) is 19.2 Å². The van der Waals surface area contributed by atoms with Crippen LogP contribution in [0.25, 0.3) is 0 Å². The number of aromatic hydroxyl groups is 1. The third-order valence-corrected chi connectivity index (χ3v) is 4.17. The number of esters is 1. The molecule has 0 bridgehead atoms. The smallest absolute Gasteiger partial charge is 0.381 e. The van der Waals surface area contributed by atoms with Gasteiger partial charge in [0.25, 0.3) is 0 Å². The molecule has 0 aliphatic carbocycles. The molecule has 27 heavy (non-hydrogen) atoms. The Morgan fingerprint density at radius 2 is 1.56 bits per heavy atom. The number of aromatic nitrogens is 2. The summed E-state index contributed by atoms with van der Waals surface area (Å²) in [5, 5.41) is 9.84. The van der Waals surface area contributed by atoms with Crippen molar-refractivity contribution in [2.75, 3.05) is 0 Å². The maximum absolute atomic E-state index is 12.9. The third kappa shape index (κ3) is 4.67. The minimum Gasteiger partial charge on any atom is -0.507 e. The van der Waals surface area contributed by atoms with Crippen molar-refractivity contribution in [3.63, 3.8) is 0 Å². The standard InChI is InChI=1S/C21H19FN2O3/c1-13-9-15(10-14(2)19(13)25)3-4-16-11-23-20(24-12-16)21(26)27-18-7-5-17(22)6-8-18/h5-12,25H,3-4H2,1-2H3. The molecule has 2 aromatic carbocycles. The summed E-state index contributed by atoms with van der Waals surface area (Å²) in [7, 11) is 0. The zero-order valence-electron chi connectivity index (χ0n) is 15.1. The van der Waals surface area contributed by atoms with Gasteiger partial charge in [-0.2, -0.15) is 0 Å². The molecular formula is C21H19FN2O3. The summed E-state index contributed by atoms with van der Waals surface area (Å²) >= 11 is 0. The lowest BCUT2D eigenvalue weighted by atomic mass is 10.0. The van der Waals surface area contributed by atoms with Crippen molar-refractivity contribution in [2.24, 2.45) is 0 Å². The van der Waals surface area contributed by atoms with Crippen LogP contribution >= 0.6 is 0 Å². The van der Waals surface area contributed by atoms with Crippen molar-refractivity contribution in [1.82, 2.24) is 9.97 Å². The average Bonchev–Trinajstić information content (AvgIpc) is 2.66. The predicted molar refractivity (Wildman–Crippen MR) is 98.4 cm³/mol. The fraction of sp³-hybridized carbons (Fsp3) is 0.190. The van der Waals surface area contributed by atoms with Crippen molar-refractivity contribution < 1.29 is 19.0 Å². The second kappa shape index (κ2) is 7.95. The van der Waals surface area contributed by atoms with E-state index in [1.165, 1.54) is 24.3 Å². The van der Waals surface area contributed by atoms with Crippen LogP contribution in [0.1, 0.15) is 32.9 Å². The molecule has 3 rings (SSSR count). The maximum Gasteiger partial charge on any atom is 0.381 e. The highest BCUT2D eigenvalue weighted by Gasteiger charge is 2.12. The molecule has 6 heteroatoms. The molecule has 138 valence electrons. The molecule has 1 aromatic heterocycles. The first-order valence-corrected chi connectivity index (χ1v) is 8.50. The normalized spacial score (nSPS) is 10.6. The van der Waals surface area contributed by atoms with Crippen LogP contribution in [0.15, 0.2) is 48.8 Å². The minimum atomic E-state index is -0.696. The number of hydrogen-bond donors (Lipinski definition) is 1. The van der Waals surface area contributed by atoms with Crippen LogP contribution in [0, 0.1) is 19.7 Å². The Balaban J connectivity index is 1.61. The van der Waals surface area contributed by atoms with Gasteiger partial charge in [-0.05, 0) is 73.2 Å². The minimum absolute atomic E-state index is 0.0561. The molecular weight excluding hydrogens is 347 g/mol. The van der Waals surface area contributed by atoms with Crippen molar-refractivity contribution in [3.8, 4) is 11.5 Å². The van der Waals surface area contributed by atoms with Gasteiger partial charge >= 0.3 is 5.97 Å². The van der Waals surface area contributed by atoms with E-state index in [9.17, 15) is 14.3 Å². The van der Waals surface area contributed by atoms with Gasteiger partial charge in [0.1, 0.15) is 17.3 Å². The largest absolute Gasteiger partial charge is 0.507 e. The zero-order valence-corrected chi connectivity index (χ0v) is 15.1. The SMILES string of the molecule is Cc1cc(CCc2cnc(C(=O)Oc3ccc(F)cc3)nc2)cc(C)c1O. The number of nitrogens with zero attached hydrogens (tertiary/aromatic N) is 2. The summed E-state index contributed by atoms with van der Waals surface area (Å²) in [5.41, 5.74) is 3.69. The number of benzene rings is 2. The quantitative estimate of drug-likeness (QED) is 0.547. The number of rotatable bonds is 5. The molecule has 1 N–H and O–H groups in total. The van der Waals surface area contributed by atoms with E-state index in [0.717, 1.165) is 28.7 Å². The highest BCUT2D eigenvalue weighted by molar-refractivity contribution is 5.86. The Labute approximate surface area is 156 Å².